The Bertz CT molecular complexity index is 2430. The van der Waals surface area contributed by atoms with Gasteiger partial charge in [0.2, 0.25) is 11.8 Å². The number of carbonyl (C=O) groups excluding carboxylic acids is 5. The summed E-state index contributed by atoms with van der Waals surface area (Å²) in [5, 5.41) is 17.8. The third kappa shape index (κ3) is 12.8. The predicted octanol–water partition coefficient (Wildman–Crippen LogP) is 6.33. The summed E-state index contributed by atoms with van der Waals surface area (Å²) in [5.41, 5.74) is 9.41. The van der Waals surface area contributed by atoms with Gasteiger partial charge in [-0.2, -0.15) is 5.26 Å². The Hall–Kier alpha value is -6.91. The molecule has 0 aliphatic rings. The molecule has 0 bridgehead atoms. The molecule has 60 heavy (non-hydrogen) atoms. The Balaban J connectivity index is 1.40. The van der Waals surface area contributed by atoms with Crippen LogP contribution < -0.4 is 26.2 Å². The van der Waals surface area contributed by atoms with Crippen LogP contribution in [0.2, 0.25) is 0 Å². The topological polar surface area (TPSA) is 238 Å². The average molecular weight is 830 g/mol. The highest BCUT2D eigenvalue weighted by Crippen LogP contribution is 2.37. The van der Waals surface area contributed by atoms with Crippen molar-refractivity contribution in [3.8, 4) is 22.9 Å². The highest BCUT2D eigenvalue weighted by Gasteiger charge is 2.29. The van der Waals surface area contributed by atoms with Crippen molar-refractivity contribution in [1.29, 1.82) is 5.26 Å². The first kappa shape index (κ1) is 44.2. The van der Waals surface area contributed by atoms with E-state index in [1.54, 1.807) is 42.5 Å². The first-order valence-electron chi connectivity index (χ1n) is 18.9. The number of primary amides is 1. The molecule has 0 saturated heterocycles. The number of nitrogens with one attached hydrogen (secondary N) is 3. The van der Waals surface area contributed by atoms with E-state index in [0.717, 1.165) is 5.56 Å². The van der Waals surface area contributed by atoms with Crippen LogP contribution in [0.1, 0.15) is 74.5 Å². The Morgan fingerprint density at radius 2 is 1.45 bits per heavy atom. The van der Waals surface area contributed by atoms with Crippen molar-refractivity contribution in [3.63, 3.8) is 0 Å². The number of hydrogen-bond acceptors (Lipinski definition) is 8. The van der Waals surface area contributed by atoms with E-state index < -0.39 is 43.3 Å². The summed E-state index contributed by atoms with van der Waals surface area (Å²) < 4.78 is 16.0. The fraction of sp³-hybridized carbons (Fsp3) is 0.200. The number of nitrogens with two attached hydrogens (primary N) is 1. The largest absolute Gasteiger partial charge is 0.524 e. The van der Waals surface area contributed by atoms with Crippen LogP contribution in [-0.4, -0.2) is 45.2 Å². The van der Waals surface area contributed by atoms with Crippen LogP contribution in [0.25, 0.3) is 11.1 Å². The summed E-state index contributed by atoms with van der Waals surface area (Å²) >= 11 is 0. The Morgan fingerprint density at radius 3 is 2.05 bits per heavy atom. The van der Waals surface area contributed by atoms with Gasteiger partial charge >= 0.3 is 7.82 Å². The molecule has 5 rings (SSSR count). The second-order valence-corrected chi connectivity index (χ2v) is 15.7. The molecule has 0 aromatic heterocycles. The molecule has 0 saturated carbocycles. The van der Waals surface area contributed by atoms with Gasteiger partial charge in [0.1, 0.15) is 5.75 Å². The lowest BCUT2D eigenvalue weighted by molar-refractivity contribution is -0.127. The van der Waals surface area contributed by atoms with E-state index in [0.29, 0.717) is 39.9 Å². The quantitative estimate of drug-likeness (QED) is 0.0537. The normalized spacial score (nSPS) is 12.1. The summed E-state index contributed by atoms with van der Waals surface area (Å²) in [4.78, 5) is 85.4. The molecule has 0 radical (unpaired) electrons. The molecule has 5 aromatic carbocycles. The number of hydrogen-bond donors (Lipinski definition) is 6. The standard InChI is InChI=1S/C45H44N5O9P/c1-28(2)22-35(24-41(51)40(50-43(53)34-12-8-30(26-46)9-13-34)23-29-10-19-37(20-11-29)59-60(56,57)58)44(54)49-36-18-21-38(45(55)48-27-31-6-4-3-5-7-31)39(25-36)32-14-16-33(17-15-32)42(47)52/h3-21,25,28,35,40H,22-24,27H2,1-2H3,(H2,47,52)(H,48,55)(H,49,54)(H,50,53)(H2,56,57,58)/t35-,40+/m1/s1. The number of nitrogens with zero attached hydrogens (tertiary/aromatic N) is 1. The van der Waals surface area contributed by atoms with E-state index in [2.05, 4.69) is 20.5 Å². The number of Topliss-reactive ketones (excluding diaryl/α,β-unsaturated/α-hetero) is 1. The maximum Gasteiger partial charge on any atom is 0.524 e. The molecule has 0 aliphatic carbocycles. The zero-order valence-corrected chi connectivity index (χ0v) is 33.7. The van der Waals surface area contributed by atoms with Crippen LogP contribution in [0.5, 0.6) is 5.75 Å². The highest BCUT2D eigenvalue weighted by atomic mass is 31.2. The summed E-state index contributed by atoms with van der Waals surface area (Å²) in [6, 6.07) is 33.0. The van der Waals surface area contributed by atoms with Crippen molar-refractivity contribution < 1.29 is 42.8 Å². The Kier molecular flexibility index (Phi) is 14.9. The van der Waals surface area contributed by atoms with Crippen LogP contribution in [0, 0.1) is 23.2 Å². The molecule has 4 amide bonds. The molecule has 14 nitrogen and oxygen atoms in total. The van der Waals surface area contributed by atoms with Crippen LogP contribution in [0.3, 0.4) is 0 Å². The van der Waals surface area contributed by atoms with Gasteiger partial charge in [0.15, 0.2) is 5.78 Å². The third-order valence-electron chi connectivity index (χ3n) is 9.44. The lowest BCUT2D eigenvalue weighted by Gasteiger charge is -2.23. The second kappa shape index (κ2) is 20.2. The molecule has 0 spiro atoms. The molecule has 2 atom stereocenters. The van der Waals surface area contributed by atoms with Crippen molar-refractivity contribution in [2.24, 2.45) is 17.6 Å². The fourth-order valence-corrected chi connectivity index (χ4v) is 6.87. The highest BCUT2D eigenvalue weighted by molar-refractivity contribution is 7.46. The minimum atomic E-state index is -4.81. The first-order valence-corrected chi connectivity index (χ1v) is 20.5. The van der Waals surface area contributed by atoms with Crippen LogP contribution in [0.4, 0.5) is 5.69 Å². The monoisotopic (exact) mass is 829 g/mol. The van der Waals surface area contributed by atoms with Crippen molar-refractivity contribution in [1.82, 2.24) is 10.6 Å². The summed E-state index contributed by atoms with van der Waals surface area (Å²) in [6.45, 7) is 4.09. The van der Waals surface area contributed by atoms with E-state index >= 15 is 0 Å². The molecule has 5 aromatic rings. The number of amides is 4. The summed E-state index contributed by atoms with van der Waals surface area (Å²) in [5.74, 6) is -3.46. The minimum Gasteiger partial charge on any atom is -0.404 e. The number of phosphoric acid groups is 1. The lowest BCUT2D eigenvalue weighted by Crippen LogP contribution is -2.44. The van der Waals surface area contributed by atoms with Crippen molar-refractivity contribution in [3.05, 3.63) is 155 Å². The zero-order chi connectivity index (χ0) is 43.4. The molecular weight excluding hydrogens is 785 g/mol. The van der Waals surface area contributed by atoms with Gasteiger partial charge in [-0.3, -0.25) is 33.8 Å². The molecular formula is C45H44N5O9P. The molecule has 0 heterocycles. The molecule has 7 N–H and O–H groups in total. The van der Waals surface area contributed by atoms with E-state index in [4.69, 9.17) is 5.73 Å². The molecule has 0 fully saturated rings. The number of benzene rings is 5. The van der Waals surface area contributed by atoms with Gasteiger partial charge in [-0.1, -0.05) is 68.4 Å². The minimum absolute atomic E-state index is 0.0168. The zero-order valence-electron chi connectivity index (χ0n) is 32.8. The maximum atomic E-state index is 14.2. The number of anilines is 1. The number of carbonyl (C=O) groups is 5. The van der Waals surface area contributed by atoms with Crippen molar-refractivity contribution >= 4 is 42.9 Å². The third-order valence-corrected chi connectivity index (χ3v) is 9.89. The van der Waals surface area contributed by atoms with Crippen LogP contribution in [0.15, 0.2) is 121 Å². The lowest BCUT2D eigenvalue weighted by atomic mass is 9.88. The smallest absolute Gasteiger partial charge is 0.404 e. The summed E-state index contributed by atoms with van der Waals surface area (Å²) in [7, 11) is -4.81. The number of phosphoric ester groups is 1. The van der Waals surface area contributed by atoms with Crippen molar-refractivity contribution in [2.45, 2.75) is 45.7 Å². The van der Waals surface area contributed by atoms with Gasteiger partial charge < -0.3 is 26.2 Å². The SMILES string of the molecule is CC(C)C[C@H](CC(=O)[C@H](Cc1ccc(OP(=O)(O)O)cc1)NC(=O)c1ccc(C#N)cc1)C(=O)Nc1ccc(C(=O)NCc2ccccc2)c(-c2ccc(C(N)=O)cc2)c1. The molecule has 0 unspecified atom stereocenters. The van der Waals surface area contributed by atoms with Gasteiger partial charge in [-0.25, -0.2) is 4.57 Å². The predicted molar refractivity (Wildman–Crippen MR) is 224 cm³/mol. The first-order chi connectivity index (χ1) is 28.6. The van der Waals surface area contributed by atoms with Crippen LogP contribution in [-0.2, 0) is 27.1 Å². The van der Waals surface area contributed by atoms with Crippen LogP contribution >= 0.6 is 7.82 Å². The van der Waals surface area contributed by atoms with E-state index in [9.17, 15) is 43.6 Å². The van der Waals surface area contributed by atoms with Gasteiger partial charge in [0, 0.05) is 41.3 Å². The van der Waals surface area contributed by atoms with Gasteiger partial charge in [0.25, 0.3) is 11.8 Å². The van der Waals surface area contributed by atoms with Gasteiger partial charge in [-0.15, -0.1) is 0 Å². The average Bonchev–Trinajstić information content (AvgIpc) is 3.22. The molecule has 308 valence electrons. The number of rotatable bonds is 18. The summed E-state index contributed by atoms with van der Waals surface area (Å²) in [6.07, 6.45) is 0.0194. The van der Waals surface area contributed by atoms with E-state index in [1.807, 2.05) is 50.2 Å². The Morgan fingerprint density at radius 1 is 0.800 bits per heavy atom. The van der Waals surface area contributed by atoms with E-state index in [-0.39, 0.29) is 48.1 Å². The van der Waals surface area contributed by atoms with Gasteiger partial charge in [0.05, 0.1) is 17.7 Å². The molecule has 15 heteroatoms. The molecule has 0 aliphatic heterocycles. The second-order valence-electron chi connectivity index (χ2n) is 14.5. The number of nitriles is 1. The number of ketones is 1. The fourth-order valence-electron chi connectivity index (χ4n) is 6.47. The van der Waals surface area contributed by atoms with E-state index in [1.165, 1.54) is 48.5 Å². The van der Waals surface area contributed by atoms with Gasteiger partial charge in [-0.05, 0) is 108 Å². The van der Waals surface area contributed by atoms with Crippen molar-refractivity contribution in [2.75, 3.05) is 5.32 Å². The Labute approximate surface area is 347 Å². The maximum absolute atomic E-state index is 14.2.